The molecule has 28 heavy (non-hydrogen) atoms. The minimum Gasteiger partial charge on any atom is -0.484 e. The van der Waals surface area contributed by atoms with Crippen LogP contribution in [0.25, 0.3) is 0 Å². The summed E-state index contributed by atoms with van der Waals surface area (Å²) in [6.07, 6.45) is 0. The lowest BCUT2D eigenvalue weighted by molar-refractivity contribution is -0.384. The molecule has 0 bridgehead atoms. The number of rotatable bonds is 7. The number of nitro benzene ring substituents is 1. The van der Waals surface area contributed by atoms with Crippen molar-refractivity contribution in [1.29, 1.82) is 0 Å². The van der Waals surface area contributed by atoms with Gasteiger partial charge >= 0.3 is 0 Å². The molecule has 0 atom stereocenters. The van der Waals surface area contributed by atoms with Crippen molar-refractivity contribution in [2.75, 3.05) is 11.5 Å². The fourth-order valence-electron chi connectivity index (χ4n) is 2.62. The maximum Gasteiger partial charge on any atom is 0.271 e. The van der Waals surface area contributed by atoms with Crippen molar-refractivity contribution < 1.29 is 14.5 Å². The normalized spacial score (nSPS) is 10.3. The van der Waals surface area contributed by atoms with Crippen molar-refractivity contribution in [3.8, 4) is 5.75 Å². The monoisotopic (exact) mass is 396 g/mol. The molecule has 0 spiro atoms. The number of non-ortho nitro benzene ring substituents is 1. The minimum atomic E-state index is -0.487. The number of anilines is 1. The number of carbonyl (C=O) groups excluding carboxylic acids is 1. The molecule has 0 aromatic heterocycles. The third-order valence-corrected chi connectivity index (χ3v) is 4.26. The van der Waals surface area contributed by atoms with E-state index in [4.69, 9.17) is 16.3 Å². The Hall–Kier alpha value is -3.38. The largest absolute Gasteiger partial charge is 0.484 e. The van der Waals surface area contributed by atoms with Crippen molar-refractivity contribution in [3.05, 3.63) is 99.6 Å². The van der Waals surface area contributed by atoms with Crippen LogP contribution in [0.5, 0.6) is 5.75 Å². The number of hydrogen-bond acceptors (Lipinski definition) is 4. The first-order chi connectivity index (χ1) is 13.5. The van der Waals surface area contributed by atoms with Crippen molar-refractivity contribution >= 4 is 28.9 Å². The molecular weight excluding hydrogens is 380 g/mol. The van der Waals surface area contributed by atoms with E-state index < -0.39 is 4.92 Å². The van der Waals surface area contributed by atoms with E-state index in [0.717, 1.165) is 5.56 Å². The number of nitrogens with zero attached hydrogens (tertiary/aromatic N) is 2. The third-order valence-electron chi connectivity index (χ3n) is 4.01. The lowest BCUT2D eigenvalue weighted by Crippen LogP contribution is -2.34. The van der Waals surface area contributed by atoms with Gasteiger partial charge in [0.1, 0.15) is 5.75 Å². The molecule has 0 fully saturated rings. The van der Waals surface area contributed by atoms with Gasteiger partial charge in [-0.25, -0.2) is 0 Å². The predicted octanol–water partition coefficient (Wildman–Crippen LogP) is 4.86. The molecule has 3 rings (SSSR count). The predicted molar refractivity (Wildman–Crippen MR) is 108 cm³/mol. The highest BCUT2D eigenvalue weighted by molar-refractivity contribution is 6.30. The molecule has 0 aliphatic carbocycles. The van der Waals surface area contributed by atoms with Crippen LogP contribution in [0.4, 0.5) is 11.4 Å². The van der Waals surface area contributed by atoms with Gasteiger partial charge in [-0.15, -0.1) is 0 Å². The molecule has 0 heterocycles. The van der Waals surface area contributed by atoms with Crippen LogP contribution in [-0.4, -0.2) is 17.4 Å². The molecule has 0 aliphatic rings. The topological polar surface area (TPSA) is 72.7 Å². The Morgan fingerprint density at radius 2 is 1.71 bits per heavy atom. The number of carbonyl (C=O) groups is 1. The Balaban J connectivity index is 1.82. The highest BCUT2D eigenvalue weighted by atomic mass is 35.5. The van der Waals surface area contributed by atoms with Gasteiger partial charge in [-0.1, -0.05) is 48.0 Å². The lowest BCUT2D eigenvalue weighted by Gasteiger charge is -2.23. The first kappa shape index (κ1) is 19.4. The fourth-order valence-corrected chi connectivity index (χ4v) is 2.74. The molecule has 7 heteroatoms. The average molecular weight is 397 g/mol. The van der Waals surface area contributed by atoms with Crippen molar-refractivity contribution in [3.63, 3.8) is 0 Å². The van der Waals surface area contributed by atoms with E-state index in [1.807, 2.05) is 30.3 Å². The second kappa shape index (κ2) is 9.01. The SMILES string of the molecule is O=C(COc1ccc(Cl)cc1)N(Cc1ccccc1)c1cccc([N+](=O)[O-])c1. The Bertz CT molecular complexity index is 962. The van der Waals surface area contributed by atoms with Gasteiger partial charge in [0.15, 0.2) is 6.61 Å². The summed E-state index contributed by atoms with van der Waals surface area (Å²) < 4.78 is 5.56. The number of halogens is 1. The summed E-state index contributed by atoms with van der Waals surface area (Å²) in [6.45, 7) is 0.0575. The summed E-state index contributed by atoms with van der Waals surface area (Å²) >= 11 is 5.85. The van der Waals surface area contributed by atoms with E-state index in [-0.39, 0.29) is 24.7 Å². The number of nitro groups is 1. The van der Waals surface area contributed by atoms with Gasteiger partial charge < -0.3 is 9.64 Å². The van der Waals surface area contributed by atoms with Crippen molar-refractivity contribution in [2.45, 2.75) is 6.54 Å². The molecule has 0 N–H and O–H groups in total. The standard InChI is InChI=1S/C21H17ClN2O4/c22-17-9-11-20(12-10-17)28-15-21(25)23(14-16-5-2-1-3-6-16)18-7-4-8-19(13-18)24(26)27/h1-13H,14-15H2. The van der Waals surface area contributed by atoms with E-state index in [1.165, 1.54) is 17.0 Å². The minimum absolute atomic E-state index is 0.0815. The summed E-state index contributed by atoms with van der Waals surface area (Å²) in [7, 11) is 0. The maximum atomic E-state index is 12.9. The first-order valence-electron chi connectivity index (χ1n) is 8.50. The highest BCUT2D eigenvalue weighted by Gasteiger charge is 2.19. The third kappa shape index (κ3) is 5.08. The van der Waals surface area contributed by atoms with E-state index in [0.29, 0.717) is 16.5 Å². The zero-order chi connectivity index (χ0) is 19.9. The average Bonchev–Trinajstić information content (AvgIpc) is 2.72. The second-order valence-corrected chi connectivity index (χ2v) is 6.42. The lowest BCUT2D eigenvalue weighted by atomic mass is 10.2. The number of hydrogen-bond donors (Lipinski definition) is 0. The van der Waals surface area contributed by atoms with Gasteiger partial charge in [-0.2, -0.15) is 0 Å². The van der Waals surface area contributed by atoms with Crippen LogP contribution in [0.2, 0.25) is 5.02 Å². The van der Waals surface area contributed by atoms with Crippen LogP contribution in [0.15, 0.2) is 78.9 Å². The van der Waals surface area contributed by atoms with Crippen LogP contribution in [0.1, 0.15) is 5.56 Å². The number of benzene rings is 3. The zero-order valence-electron chi connectivity index (χ0n) is 14.8. The molecule has 6 nitrogen and oxygen atoms in total. The Kier molecular flexibility index (Phi) is 6.24. The van der Waals surface area contributed by atoms with Gasteiger partial charge in [0, 0.05) is 17.2 Å². The van der Waals surface area contributed by atoms with Crippen LogP contribution in [0, 0.1) is 10.1 Å². The molecule has 0 unspecified atom stereocenters. The second-order valence-electron chi connectivity index (χ2n) is 5.99. The van der Waals surface area contributed by atoms with E-state index >= 15 is 0 Å². The van der Waals surface area contributed by atoms with Crippen LogP contribution >= 0.6 is 11.6 Å². The molecule has 1 amide bonds. The molecule has 142 valence electrons. The summed E-state index contributed by atoms with van der Waals surface area (Å²) in [5.41, 5.74) is 1.25. The maximum absolute atomic E-state index is 12.9. The van der Waals surface area contributed by atoms with Crippen LogP contribution in [0.3, 0.4) is 0 Å². The molecule has 0 saturated carbocycles. The van der Waals surface area contributed by atoms with Crippen LogP contribution < -0.4 is 9.64 Å². The first-order valence-corrected chi connectivity index (χ1v) is 8.88. The molecular formula is C21H17ClN2O4. The highest BCUT2D eigenvalue weighted by Crippen LogP contribution is 2.23. The number of amides is 1. The van der Waals surface area contributed by atoms with Gasteiger partial charge in [0.05, 0.1) is 17.2 Å². The quantitative estimate of drug-likeness (QED) is 0.422. The van der Waals surface area contributed by atoms with E-state index in [1.54, 1.807) is 36.4 Å². The van der Waals surface area contributed by atoms with Gasteiger partial charge in [0.2, 0.25) is 0 Å². The molecule has 3 aromatic carbocycles. The molecule has 0 saturated heterocycles. The summed E-state index contributed by atoms with van der Waals surface area (Å²) in [6, 6.07) is 22.1. The zero-order valence-corrected chi connectivity index (χ0v) is 15.6. The van der Waals surface area contributed by atoms with Gasteiger partial charge in [-0.05, 0) is 35.9 Å². The molecule has 0 radical (unpaired) electrons. The Labute approximate surface area is 167 Å². The summed E-state index contributed by atoms with van der Waals surface area (Å²) in [5, 5.41) is 11.7. The molecule has 0 aliphatic heterocycles. The van der Waals surface area contributed by atoms with E-state index in [2.05, 4.69) is 0 Å². The number of ether oxygens (including phenoxy) is 1. The van der Waals surface area contributed by atoms with Crippen molar-refractivity contribution in [2.24, 2.45) is 0 Å². The van der Waals surface area contributed by atoms with Gasteiger partial charge in [0.25, 0.3) is 11.6 Å². The van der Waals surface area contributed by atoms with Gasteiger partial charge in [-0.3, -0.25) is 14.9 Å². The van der Waals surface area contributed by atoms with Crippen LogP contribution in [-0.2, 0) is 11.3 Å². The van der Waals surface area contributed by atoms with Crippen molar-refractivity contribution in [1.82, 2.24) is 0 Å². The van der Waals surface area contributed by atoms with E-state index in [9.17, 15) is 14.9 Å². The Morgan fingerprint density at radius 1 is 1.00 bits per heavy atom. The molecule has 3 aromatic rings. The fraction of sp³-hybridized carbons (Fsp3) is 0.0952. The summed E-state index contributed by atoms with van der Waals surface area (Å²) in [4.78, 5) is 25.0. The Morgan fingerprint density at radius 3 is 2.39 bits per heavy atom. The smallest absolute Gasteiger partial charge is 0.271 e. The summed E-state index contributed by atoms with van der Waals surface area (Å²) in [5.74, 6) is 0.191.